The Kier molecular flexibility index (Phi) is 11.0. The van der Waals surface area contributed by atoms with Crippen molar-refractivity contribution in [1.82, 2.24) is 24.8 Å². The monoisotopic (exact) mass is 582 g/mol. The zero-order valence-electron chi connectivity index (χ0n) is 24.8. The van der Waals surface area contributed by atoms with Gasteiger partial charge in [0.25, 0.3) is 11.5 Å². The number of pyridine rings is 1. The van der Waals surface area contributed by atoms with Crippen LogP contribution in [0.25, 0.3) is 10.9 Å². The number of ether oxygens (including phenoxy) is 1. The van der Waals surface area contributed by atoms with Gasteiger partial charge in [0.05, 0.1) is 22.4 Å². The van der Waals surface area contributed by atoms with Crippen molar-refractivity contribution in [3.8, 4) is 5.75 Å². The number of fused-ring (bicyclic) bond motifs is 1. The molecule has 0 aliphatic carbocycles. The van der Waals surface area contributed by atoms with Crippen molar-refractivity contribution < 1.29 is 9.53 Å². The number of halogens is 1. The first-order chi connectivity index (χ1) is 19.8. The van der Waals surface area contributed by atoms with E-state index in [0.717, 1.165) is 60.7 Å². The lowest BCUT2D eigenvalue weighted by atomic mass is 9.93. The molecule has 1 unspecified atom stereocenters. The maximum Gasteiger partial charge on any atom is 0.293 e. The molecular weight excluding hydrogens is 540 g/mol. The van der Waals surface area contributed by atoms with Crippen molar-refractivity contribution >= 4 is 34.4 Å². The van der Waals surface area contributed by atoms with Crippen molar-refractivity contribution in [3.63, 3.8) is 0 Å². The molecule has 0 spiro atoms. The van der Waals surface area contributed by atoms with Gasteiger partial charge in [-0.1, -0.05) is 37.9 Å². The Morgan fingerprint density at radius 3 is 2.78 bits per heavy atom. The lowest BCUT2D eigenvalue weighted by Gasteiger charge is -2.33. The number of hydrogen-bond donors (Lipinski definition) is 1. The van der Waals surface area contributed by atoms with Crippen molar-refractivity contribution in [2.75, 3.05) is 51.3 Å². The SMILES string of the molecule is CCN(CC)CCCCC1CCCN(c2ncc(Cl)c(Cc3ccc4c(c3)cc(OCC(=O)NC)c(=O)n4C)n2)C1. The molecule has 1 aromatic carbocycles. The van der Waals surface area contributed by atoms with Crippen LogP contribution in [0.15, 0.2) is 35.3 Å². The zero-order chi connectivity index (χ0) is 29.4. The second kappa shape index (κ2) is 14.6. The van der Waals surface area contributed by atoms with Crippen LogP contribution in [0, 0.1) is 5.92 Å². The minimum atomic E-state index is -0.301. The van der Waals surface area contributed by atoms with Gasteiger partial charge in [-0.05, 0) is 75.0 Å². The van der Waals surface area contributed by atoms with Gasteiger partial charge in [-0.2, -0.15) is 0 Å². The summed E-state index contributed by atoms with van der Waals surface area (Å²) in [6.45, 7) is 9.61. The van der Waals surface area contributed by atoms with Crippen LogP contribution in [0.1, 0.15) is 57.2 Å². The minimum Gasteiger partial charge on any atom is -0.478 e. The van der Waals surface area contributed by atoms with Crippen LogP contribution in [0.5, 0.6) is 5.75 Å². The van der Waals surface area contributed by atoms with Crippen molar-refractivity contribution in [2.45, 2.75) is 52.4 Å². The molecule has 3 aromatic rings. The predicted molar refractivity (Wildman–Crippen MR) is 165 cm³/mol. The number of benzene rings is 1. The molecule has 1 fully saturated rings. The highest BCUT2D eigenvalue weighted by atomic mass is 35.5. The molecule has 1 amide bonds. The lowest BCUT2D eigenvalue weighted by molar-refractivity contribution is -0.122. The first-order valence-electron chi connectivity index (χ1n) is 14.8. The van der Waals surface area contributed by atoms with Gasteiger partial charge >= 0.3 is 0 Å². The molecule has 1 saturated heterocycles. The number of nitrogens with zero attached hydrogens (tertiary/aromatic N) is 5. The van der Waals surface area contributed by atoms with Crippen molar-refractivity contribution in [1.29, 1.82) is 0 Å². The van der Waals surface area contributed by atoms with Crippen LogP contribution in [0.4, 0.5) is 5.95 Å². The number of anilines is 1. The lowest BCUT2D eigenvalue weighted by Crippen LogP contribution is -2.36. The number of rotatable bonds is 13. The Morgan fingerprint density at radius 2 is 2.02 bits per heavy atom. The van der Waals surface area contributed by atoms with E-state index in [1.165, 1.54) is 43.8 Å². The summed E-state index contributed by atoms with van der Waals surface area (Å²) in [4.78, 5) is 38.6. The Labute approximate surface area is 247 Å². The van der Waals surface area contributed by atoms with Crippen LogP contribution >= 0.6 is 11.6 Å². The van der Waals surface area contributed by atoms with Crippen LogP contribution in [-0.4, -0.2) is 71.7 Å². The molecule has 222 valence electrons. The van der Waals surface area contributed by atoms with E-state index >= 15 is 0 Å². The number of piperidine rings is 1. The number of likely N-dealkylation sites (N-methyl/N-ethyl adjacent to an activating group) is 1. The van der Waals surface area contributed by atoms with Crippen LogP contribution in [0.3, 0.4) is 0 Å². The number of carbonyl (C=O) groups is 1. The zero-order valence-corrected chi connectivity index (χ0v) is 25.5. The highest BCUT2D eigenvalue weighted by Gasteiger charge is 2.22. The number of hydrogen-bond acceptors (Lipinski definition) is 7. The van der Waals surface area contributed by atoms with E-state index in [9.17, 15) is 9.59 Å². The molecule has 0 saturated carbocycles. The van der Waals surface area contributed by atoms with Crippen LogP contribution in [-0.2, 0) is 18.3 Å². The van der Waals surface area contributed by atoms with Crippen molar-refractivity contribution in [3.05, 3.63) is 57.1 Å². The molecule has 2 aromatic heterocycles. The Balaban J connectivity index is 1.45. The second-order valence-corrected chi connectivity index (χ2v) is 11.3. The topological polar surface area (TPSA) is 92.6 Å². The summed E-state index contributed by atoms with van der Waals surface area (Å²) in [7, 11) is 3.22. The minimum absolute atomic E-state index is 0.135. The van der Waals surface area contributed by atoms with Gasteiger partial charge in [-0.25, -0.2) is 9.97 Å². The summed E-state index contributed by atoms with van der Waals surface area (Å²) in [6, 6.07) is 7.60. The Bertz CT molecular complexity index is 1390. The molecule has 10 heteroatoms. The van der Waals surface area contributed by atoms with E-state index in [4.69, 9.17) is 21.3 Å². The smallest absolute Gasteiger partial charge is 0.293 e. The largest absolute Gasteiger partial charge is 0.478 e. The van der Waals surface area contributed by atoms with E-state index in [1.54, 1.807) is 19.3 Å². The summed E-state index contributed by atoms with van der Waals surface area (Å²) in [5.74, 6) is 1.24. The molecule has 0 bridgehead atoms. The van der Waals surface area contributed by atoms with Gasteiger partial charge in [0.15, 0.2) is 12.4 Å². The highest BCUT2D eigenvalue weighted by Crippen LogP contribution is 2.27. The fourth-order valence-electron chi connectivity index (χ4n) is 5.58. The molecule has 3 heterocycles. The first kappa shape index (κ1) is 30.8. The normalized spacial score (nSPS) is 15.5. The van der Waals surface area contributed by atoms with Crippen LogP contribution in [0.2, 0.25) is 5.02 Å². The van der Waals surface area contributed by atoms with E-state index in [2.05, 4.69) is 33.9 Å². The average molecular weight is 583 g/mol. The third-order valence-electron chi connectivity index (χ3n) is 8.10. The number of carbonyl (C=O) groups excluding carboxylic acids is 1. The third kappa shape index (κ3) is 7.98. The number of aryl methyl sites for hydroxylation is 1. The van der Waals surface area contributed by atoms with E-state index < -0.39 is 0 Å². The van der Waals surface area contributed by atoms with Gasteiger partial charge in [0.1, 0.15) is 0 Å². The van der Waals surface area contributed by atoms with Gasteiger partial charge in [-0.3, -0.25) is 9.59 Å². The summed E-state index contributed by atoms with van der Waals surface area (Å²) in [5, 5.41) is 3.87. The molecule has 0 radical (unpaired) electrons. The summed E-state index contributed by atoms with van der Waals surface area (Å²) >= 11 is 6.57. The molecule has 1 aliphatic heterocycles. The van der Waals surface area contributed by atoms with E-state index in [0.29, 0.717) is 17.4 Å². The fourth-order valence-corrected chi connectivity index (χ4v) is 5.74. The van der Waals surface area contributed by atoms with E-state index in [1.807, 2.05) is 18.2 Å². The molecular formula is C31H43ClN6O3. The maximum atomic E-state index is 12.7. The second-order valence-electron chi connectivity index (χ2n) is 10.8. The van der Waals surface area contributed by atoms with Crippen LogP contribution < -0.4 is 20.5 Å². The average Bonchev–Trinajstić information content (AvgIpc) is 2.99. The fraction of sp³-hybridized carbons (Fsp3) is 0.548. The highest BCUT2D eigenvalue weighted by molar-refractivity contribution is 6.31. The van der Waals surface area contributed by atoms with Gasteiger partial charge in [0, 0.05) is 39.0 Å². The molecule has 4 rings (SSSR count). The molecule has 9 nitrogen and oxygen atoms in total. The molecule has 1 aliphatic rings. The van der Waals surface area contributed by atoms with Gasteiger partial charge in [0.2, 0.25) is 5.95 Å². The Morgan fingerprint density at radius 1 is 1.22 bits per heavy atom. The number of aromatic nitrogens is 3. The standard InChI is InChI=1S/C31H43ClN6O3/c1-5-37(6-2)14-8-7-10-22-11-9-15-38(20-22)31-34-19-25(32)26(35-31)17-23-12-13-27-24(16-23)18-28(30(40)36(27)4)41-21-29(39)33-3/h12-13,16,18-19,22H,5-11,14-15,17,20-21H2,1-4H3,(H,33,39). The van der Waals surface area contributed by atoms with E-state index in [-0.39, 0.29) is 23.8 Å². The number of nitrogens with one attached hydrogen (secondary N) is 1. The first-order valence-corrected chi connectivity index (χ1v) is 15.1. The van der Waals surface area contributed by atoms with Crippen molar-refractivity contribution in [2.24, 2.45) is 13.0 Å². The molecule has 1 atom stereocenters. The summed E-state index contributed by atoms with van der Waals surface area (Å²) in [5.41, 5.74) is 2.27. The summed E-state index contributed by atoms with van der Waals surface area (Å²) in [6.07, 6.45) is 8.40. The number of amides is 1. The third-order valence-corrected chi connectivity index (χ3v) is 8.42. The maximum absolute atomic E-state index is 12.7. The quantitative estimate of drug-likeness (QED) is 0.298. The molecule has 1 N–H and O–H groups in total. The molecule has 41 heavy (non-hydrogen) atoms. The number of unbranched alkanes of at least 4 members (excludes halogenated alkanes) is 1. The van der Waals surface area contributed by atoms with Gasteiger partial charge < -0.3 is 24.4 Å². The Hall–Kier alpha value is -3.17. The predicted octanol–water partition coefficient (Wildman–Crippen LogP) is 4.43. The van der Waals surface area contributed by atoms with Gasteiger partial charge in [-0.15, -0.1) is 0 Å². The summed E-state index contributed by atoms with van der Waals surface area (Å²) < 4.78 is 7.04.